The number of halogens is 1. The van der Waals surface area contributed by atoms with Gasteiger partial charge in [-0.2, -0.15) is 0 Å². The number of anilines is 2. The highest BCUT2D eigenvalue weighted by Crippen LogP contribution is 2.32. The molecule has 294 valence electrons. The molecular weight excluding hydrogens is 728 g/mol. The van der Waals surface area contributed by atoms with Crippen LogP contribution in [0.5, 0.6) is 5.75 Å². The maximum atomic E-state index is 12.9. The first-order valence-corrected chi connectivity index (χ1v) is 19.2. The summed E-state index contributed by atoms with van der Waals surface area (Å²) in [4.78, 5) is 51.7. The zero-order valence-electron chi connectivity index (χ0n) is 32.7. The number of nitrogens with one attached hydrogen (secondary N) is 1. The first-order valence-electron chi connectivity index (χ1n) is 18.9. The molecule has 0 aromatic heterocycles. The van der Waals surface area contributed by atoms with E-state index < -0.39 is 0 Å². The Morgan fingerprint density at radius 1 is 0.643 bits per heavy atom. The molecule has 2 unspecified atom stereocenters. The van der Waals surface area contributed by atoms with Crippen molar-refractivity contribution in [1.82, 2.24) is 24.5 Å². The van der Waals surface area contributed by atoms with Gasteiger partial charge in [0.2, 0.25) is 11.8 Å². The lowest BCUT2D eigenvalue weighted by Crippen LogP contribution is -2.51. The lowest BCUT2D eigenvalue weighted by atomic mass is 10.0. The van der Waals surface area contributed by atoms with E-state index in [4.69, 9.17) is 17.0 Å². The van der Waals surface area contributed by atoms with Crippen molar-refractivity contribution < 1.29 is 19.5 Å². The number of rotatable bonds is 8. The second kappa shape index (κ2) is 17.6. The molecule has 2 atom stereocenters. The molecule has 3 aliphatic rings. The van der Waals surface area contributed by atoms with Crippen molar-refractivity contribution in [3.63, 3.8) is 0 Å². The summed E-state index contributed by atoms with van der Waals surface area (Å²) < 4.78 is 0. The number of benzene rings is 4. The highest BCUT2D eigenvalue weighted by Gasteiger charge is 2.34. The first-order chi connectivity index (χ1) is 26.8. The molecular formula is C43H51ClN8O4. The van der Waals surface area contributed by atoms with Crippen LogP contribution in [0.1, 0.15) is 39.1 Å². The number of aromatic hydroxyl groups is 1. The van der Waals surface area contributed by atoms with Crippen LogP contribution in [0.25, 0.3) is 0 Å². The predicted octanol–water partition coefficient (Wildman–Crippen LogP) is 5.05. The summed E-state index contributed by atoms with van der Waals surface area (Å²) >= 11 is 6.03. The quantitative estimate of drug-likeness (QED) is 0.256. The molecule has 3 aliphatic heterocycles. The summed E-state index contributed by atoms with van der Waals surface area (Å²) in [6, 6.07) is 30.3. The molecule has 2 N–H and O–H groups in total. The molecule has 2 saturated heterocycles. The fourth-order valence-electron chi connectivity index (χ4n) is 7.52. The number of likely N-dealkylation sites (N-methyl/N-ethyl adjacent to an activating group) is 2. The van der Waals surface area contributed by atoms with E-state index in [1.54, 1.807) is 57.2 Å². The van der Waals surface area contributed by atoms with Gasteiger partial charge in [-0.15, -0.1) is 0 Å². The van der Waals surface area contributed by atoms with Gasteiger partial charge in [-0.1, -0.05) is 72.3 Å². The number of amides is 3. The van der Waals surface area contributed by atoms with Crippen molar-refractivity contribution in [2.24, 2.45) is 0 Å². The number of fused-ring (bicyclic) bond motifs is 1. The number of phenols is 1. The number of piperazine rings is 2. The largest absolute Gasteiger partial charge is 0.506 e. The van der Waals surface area contributed by atoms with Gasteiger partial charge in [0.15, 0.2) is 0 Å². The molecule has 3 amide bonds. The smallest absolute Gasteiger partial charge is 0.259 e. The van der Waals surface area contributed by atoms with Crippen LogP contribution in [0.4, 0.5) is 11.4 Å². The Bertz CT molecular complexity index is 2030. The van der Waals surface area contributed by atoms with Gasteiger partial charge >= 0.3 is 0 Å². The van der Waals surface area contributed by atoms with Crippen LogP contribution in [0.2, 0.25) is 5.02 Å². The topological polar surface area (TPSA) is 118 Å². The molecule has 3 heterocycles. The number of carbonyl (C=O) groups excluding carboxylic acids is 3. The fourth-order valence-corrected chi connectivity index (χ4v) is 7.70. The van der Waals surface area contributed by atoms with E-state index in [0.717, 1.165) is 74.9 Å². The third-order valence-corrected chi connectivity index (χ3v) is 11.0. The Hall–Kier alpha value is -5.43. The maximum absolute atomic E-state index is 12.9. The summed E-state index contributed by atoms with van der Waals surface area (Å²) in [6.45, 7) is 6.18. The van der Waals surface area contributed by atoms with Crippen molar-refractivity contribution in [2.45, 2.75) is 12.1 Å². The van der Waals surface area contributed by atoms with Gasteiger partial charge in [-0.05, 0) is 47.5 Å². The molecule has 0 saturated carbocycles. The third-order valence-electron chi connectivity index (χ3n) is 10.7. The summed E-state index contributed by atoms with van der Waals surface area (Å²) in [5.74, 6) is 0.391. The van der Waals surface area contributed by atoms with Crippen molar-refractivity contribution in [3.8, 4) is 5.75 Å². The minimum Gasteiger partial charge on any atom is -0.506 e. The summed E-state index contributed by atoms with van der Waals surface area (Å²) in [5, 5.41) is 18.0. The van der Waals surface area contributed by atoms with Gasteiger partial charge in [0.25, 0.3) is 5.91 Å². The van der Waals surface area contributed by atoms with Crippen LogP contribution < -0.4 is 9.80 Å². The second-order valence-corrected chi connectivity index (χ2v) is 15.1. The third kappa shape index (κ3) is 8.67. The van der Waals surface area contributed by atoms with Crippen LogP contribution >= 0.6 is 11.6 Å². The summed E-state index contributed by atoms with van der Waals surface area (Å²) in [6.07, 6.45) is 0. The standard InChI is InChI=1S/C23H27N5O2.C20H24ClN3O2/c1-25(2)23(30)20(16-7-5-4-6-8-16)28-13-11-27(12-14-28)17-9-10-18-19(15-17)22(29)26(3)21(18)24;1-22(2)20(26)19(15-6-4-3-5-7-15)24-12-10-23(11-13-24)16-8-9-18(25)17(21)14-16/h4-10,15,20,24H,11-14H2,1-3H3;3-9,14,19,25H,10-13H2,1-2H3. The van der Waals surface area contributed by atoms with E-state index >= 15 is 0 Å². The van der Waals surface area contributed by atoms with E-state index in [2.05, 4.69) is 19.6 Å². The van der Waals surface area contributed by atoms with E-state index in [1.165, 1.54) is 4.90 Å². The minimum absolute atomic E-state index is 0.0827. The number of carbonyl (C=O) groups is 3. The van der Waals surface area contributed by atoms with Crippen LogP contribution in [0.15, 0.2) is 97.1 Å². The Balaban J connectivity index is 0.000000192. The lowest BCUT2D eigenvalue weighted by molar-refractivity contribution is -0.135. The van der Waals surface area contributed by atoms with Gasteiger partial charge < -0.3 is 24.7 Å². The molecule has 2 fully saturated rings. The second-order valence-electron chi connectivity index (χ2n) is 14.7. The number of hydrogen-bond donors (Lipinski definition) is 2. The SMILES string of the molecule is CN(C)C(=O)C(c1ccccc1)N1CCN(c2ccc(O)c(Cl)c2)CC1.CN(C)C(=O)C(c1ccccc1)N1CCN(c2ccc3c(c2)C(=O)N(C)C3=N)CC1. The highest BCUT2D eigenvalue weighted by molar-refractivity contribution is 6.32. The number of phenolic OH excluding ortho intramolecular Hbond substituents is 1. The number of hydrogen-bond acceptors (Lipinski definition) is 9. The minimum atomic E-state index is -0.293. The highest BCUT2D eigenvalue weighted by atomic mass is 35.5. The average Bonchev–Trinajstić information content (AvgIpc) is 3.43. The van der Waals surface area contributed by atoms with Crippen molar-refractivity contribution in [3.05, 3.63) is 124 Å². The molecule has 12 nitrogen and oxygen atoms in total. The van der Waals surface area contributed by atoms with Gasteiger partial charge in [-0.3, -0.25) is 34.5 Å². The number of nitrogens with zero attached hydrogens (tertiary/aromatic N) is 7. The Kier molecular flexibility index (Phi) is 12.6. The van der Waals surface area contributed by atoms with Crippen molar-refractivity contribution >= 4 is 46.5 Å². The normalized spacial score (nSPS) is 17.1. The zero-order chi connectivity index (χ0) is 40.1. The van der Waals surface area contributed by atoms with Crippen LogP contribution in [0, 0.1) is 5.41 Å². The van der Waals surface area contributed by atoms with E-state index in [1.807, 2.05) is 84.9 Å². The monoisotopic (exact) mass is 778 g/mol. The molecule has 56 heavy (non-hydrogen) atoms. The van der Waals surface area contributed by atoms with Crippen molar-refractivity contribution in [1.29, 1.82) is 5.41 Å². The molecule has 4 aromatic rings. The van der Waals surface area contributed by atoms with E-state index in [-0.39, 0.29) is 41.4 Å². The van der Waals surface area contributed by atoms with Crippen LogP contribution in [0.3, 0.4) is 0 Å². The van der Waals surface area contributed by atoms with Crippen LogP contribution in [-0.4, -0.2) is 141 Å². The molecule has 7 rings (SSSR count). The van der Waals surface area contributed by atoms with Gasteiger partial charge in [0, 0.05) is 105 Å². The molecule has 0 spiro atoms. The summed E-state index contributed by atoms with van der Waals surface area (Å²) in [5.41, 5.74) is 5.28. The van der Waals surface area contributed by atoms with Gasteiger partial charge in [0.1, 0.15) is 23.7 Å². The average molecular weight is 779 g/mol. The fraction of sp³-hybridized carbons (Fsp3) is 0.349. The van der Waals surface area contributed by atoms with Gasteiger partial charge in [-0.25, -0.2) is 0 Å². The Labute approximate surface area is 334 Å². The van der Waals surface area contributed by atoms with Crippen LogP contribution in [-0.2, 0) is 9.59 Å². The van der Waals surface area contributed by atoms with E-state index in [0.29, 0.717) is 16.1 Å². The zero-order valence-corrected chi connectivity index (χ0v) is 33.5. The Morgan fingerprint density at radius 3 is 1.50 bits per heavy atom. The first kappa shape index (κ1) is 40.2. The van der Waals surface area contributed by atoms with E-state index in [9.17, 15) is 19.5 Å². The molecule has 13 heteroatoms. The number of amidine groups is 1. The molecule has 0 radical (unpaired) electrons. The van der Waals surface area contributed by atoms with Crippen molar-refractivity contribution in [2.75, 3.05) is 97.4 Å². The van der Waals surface area contributed by atoms with Gasteiger partial charge in [0.05, 0.1) is 10.6 Å². The maximum Gasteiger partial charge on any atom is 0.259 e. The predicted molar refractivity (Wildman–Crippen MR) is 222 cm³/mol. The molecule has 0 bridgehead atoms. The summed E-state index contributed by atoms with van der Waals surface area (Å²) in [7, 11) is 8.82. The molecule has 4 aromatic carbocycles. The lowest BCUT2D eigenvalue weighted by Gasteiger charge is -2.40. The Morgan fingerprint density at radius 2 is 1.07 bits per heavy atom. The molecule has 0 aliphatic carbocycles.